The minimum Gasteiger partial charge on any atom is -0.325 e. The number of rotatable bonds is 6. The number of amides is 1. The molecule has 1 amide bonds. The highest BCUT2D eigenvalue weighted by atomic mass is 35.5. The molecule has 0 aliphatic heterocycles. The summed E-state index contributed by atoms with van der Waals surface area (Å²) >= 11 is 5.69. The highest BCUT2D eigenvalue weighted by molar-refractivity contribution is 7.89. The Morgan fingerprint density at radius 1 is 0.920 bits per heavy atom. The van der Waals surface area contributed by atoms with Gasteiger partial charge in [0.2, 0.25) is 26.0 Å². The fourth-order valence-electron chi connectivity index (χ4n) is 1.79. The summed E-state index contributed by atoms with van der Waals surface area (Å²) in [6, 6.07) is 10.6. The molecule has 0 saturated heterocycles. The third kappa shape index (κ3) is 5.51. The molecule has 2 aromatic rings. The Morgan fingerprint density at radius 2 is 1.44 bits per heavy atom. The first kappa shape index (κ1) is 19.3. The summed E-state index contributed by atoms with van der Waals surface area (Å²) < 4.78 is 48.5. The molecule has 25 heavy (non-hydrogen) atoms. The lowest BCUT2D eigenvalue weighted by atomic mass is 10.3. The fourth-order valence-corrected chi connectivity index (χ4v) is 3.41. The van der Waals surface area contributed by atoms with Crippen LogP contribution < -0.4 is 15.2 Å². The van der Waals surface area contributed by atoms with E-state index in [-0.39, 0.29) is 9.79 Å². The van der Waals surface area contributed by atoms with Gasteiger partial charge in [-0.05, 0) is 48.5 Å². The number of hydrogen-bond donors (Lipinski definition) is 3. The summed E-state index contributed by atoms with van der Waals surface area (Å²) in [7, 11) is -7.68. The topological polar surface area (TPSA) is 135 Å². The predicted molar refractivity (Wildman–Crippen MR) is 93.1 cm³/mol. The molecule has 0 heterocycles. The average Bonchev–Trinajstić information content (AvgIpc) is 2.53. The third-order valence-electron chi connectivity index (χ3n) is 3.01. The van der Waals surface area contributed by atoms with Gasteiger partial charge < -0.3 is 5.32 Å². The molecule has 4 N–H and O–H groups in total. The van der Waals surface area contributed by atoms with Crippen LogP contribution in [0.4, 0.5) is 5.69 Å². The maximum Gasteiger partial charge on any atom is 0.241 e. The lowest BCUT2D eigenvalue weighted by Crippen LogP contribution is -2.32. The normalized spacial score (nSPS) is 11.9. The van der Waals surface area contributed by atoms with Crippen molar-refractivity contribution in [2.45, 2.75) is 9.79 Å². The molecule has 2 rings (SSSR count). The molecule has 0 saturated carbocycles. The zero-order valence-corrected chi connectivity index (χ0v) is 15.0. The fraction of sp³-hybridized carbons (Fsp3) is 0.0714. The second-order valence-electron chi connectivity index (χ2n) is 4.90. The number of hydrogen-bond acceptors (Lipinski definition) is 5. The smallest absolute Gasteiger partial charge is 0.241 e. The molecule has 0 bridgehead atoms. The van der Waals surface area contributed by atoms with E-state index in [2.05, 4.69) is 10.0 Å². The van der Waals surface area contributed by atoms with Crippen molar-refractivity contribution >= 4 is 43.2 Å². The van der Waals surface area contributed by atoms with Gasteiger partial charge in [0.05, 0.1) is 16.3 Å². The van der Waals surface area contributed by atoms with E-state index in [9.17, 15) is 21.6 Å². The molecular weight excluding hydrogens is 390 g/mol. The van der Waals surface area contributed by atoms with Gasteiger partial charge in [0.25, 0.3) is 0 Å². The average molecular weight is 404 g/mol. The van der Waals surface area contributed by atoms with E-state index in [0.29, 0.717) is 10.7 Å². The molecule has 0 unspecified atom stereocenters. The standard InChI is InChI=1S/C14H14ClN3O5S2/c15-10-1-5-13(6-2-10)25(22,23)17-9-14(19)18-11-3-7-12(8-4-11)24(16,20)21/h1-8,17H,9H2,(H,18,19)(H2,16,20,21). The van der Waals surface area contributed by atoms with Gasteiger partial charge in [-0.25, -0.2) is 26.7 Å². The van der Waals surface area contributed by atoms with Crippen molar-refractivity contribution in [3.05, 3.63) is 53.6 Å². The van der Waals surface area contributed by atoms with Crippen molar-refractivity contribution < 1.29 is 21.6 Å². The van der Waals surface area contributed by atoms with Crippen LogP contribution in [0.3, 0.4) is 0 Å². The molecule has 0 aliphatic carbocycles. The summed E-state index contributed by atoms with van der Waals surface area (Å²) in [6.45, 7) is -0.498. The molecule has 8 nitrogen and oxygen atoms in total. The van der Waals surface area contributed by atoms with Crippen LogP contribution in [0.25, 0.3) is 0 Å². The molecule has 0 aliphatic rings. The van der Waals surface area contributed by atoms with Gasteiger partial charge in [-0.2, -0.15) is 0 Å². The van der Waals surface area contributed by atoms with Crippen LogP contribution in [-0.4, -0.2) is 29.3 Å². The second kappa shape index (κ2) is 7.50. The van der Waals surface area contributed by atoms with Crippen LogP contribution >= 0.6 is 11.6 Å². The van der Waals surface area contributed by atoms with Crippen LogP contribution in [-0.2, 0) is 24.8 Å². The van der Waals surface area contributed by atoms with Gasteiger partial charge in [0, 0.05) is 10.7 Å². The van der Waals surface area contributed by atoms with Gasteiger partial charge in [-0.15, -0.1) is 0 Å². The first-order valence-corrected chi connectivity index (χ1v) is 10.2. The van der Waals surface area contributed by atoms with Gasteiger partial charge in [-0.1, -0.05) is 11.6 Å². The number of halogens is 1. The quantitative estimate of drug-likeness (QED) is 0.658. The third-order valence-corrected chi connectivity index (χ3v) is 5.61. The van der Waals surface area contributed by atoms with Crippen molar-refractivity contribution in [3.8, 4) is 0 Å². The van der Waals surface area contributed by atoms with Crippen molar-refractivity contribution in [3.63, 3.8) is 0 Å². The summed E-state index contributed by atoms with van der Waals surface area (Å²) in [5.74, 6) is -0.624. The molecule has 0 aromatic heterocycles. The summed E-state index contributed by atoms with van der Waals surface area (Å²) in [5, 5.41) is 7.79. The monoisotopic (exact) mass is 403 g/mol. The molecule has 134 valence electrons. The number of nitrogens with two attached hydrogens (primary N) is 1. The zero-order chi connectivity index (χ0) is 18.7. The minimum atomic E-state index is -3.86. The lowest BCUT2D eigenvalue weighted by Gasteiger charge is -2.08. The maximum absolute atomic E-state index is 12.0. The molecule has 0 atom stereocenters. The molecule has 11 heteroatoms. The maximum atomic E-state index is 12.0. The molecule has 0 fully saturated rings. The Balaban J connectivity index is 1.97. The van der Waals surface area contributed by atoms with Crippen LogP contribution in [0.1, 0.15) is 0 Å². The predicted octanol–water partition coefficient (Wildman–Crippen LogP) is 0.904. The number of sulfonamides is 2. The van der Waals surface area contributed by atoms with Gasteiger partial charge >= 0.3 is 0 Å². The van der Waals surface area contributed by atoms with Crippen molar-refractivity contribution in [1.29, 1.82) is 0 Å². The molecule has 0 radical (unpaired) electrons. The van der Waals surface area contributed by atoms with Crippen molar-refractivity contribution in [2.24, 2.45) is 5.14 Å². The highest BCUT2D eigenvalue weighted by Crippen LogP contribution is 2.14. The van der Waals surface area contributed by atoms with E-state index < -0.39 is 32.5 Å². The van der Waals surface area contributed by atoms with Gasteiger partial charge in [-0.3, -0.25) is 4.79 Å². The number of carbonyl (C=O) groups is 1. The number of primary sulfonamides is 1. The Hall–Kier alpha value is -1.98. The van der Waals surface area contributed by atoms with E-state index in [1.807, 2.05) is 0 Å². The van der Waals surface area contributed by atoms with E-state index in [4.69, 9.17) is 16.7 Å². The molecular formula is C14H14ClN3O5S2. The summed E-state index contributed by atoms with van der Waals surface area (Å²) in [5.41, 5.74) is 0.295. The van der Waals surface area contributed by atoms with Gasteiger partial charge in [0.1, 0.15) is 0 Å². The SMILES string of the molecule is NS(=O)(=O)c1ccc(NC(=O)CNS(=O)(=O)c2ccc(Cl)cc2)cc1. The van der Waals surface area contributed by atoms with Crippen LogP contribution in [0.15, 0.2) is 58.3 Å². The van der Waals surface area contributed by atoms with Crippen molar-refractivity contribution in [1.82, 2.24) is 4.72 Å². The molecule has 2 aromatic carbocycles. The first-order chi connectivity index (χ1) is 11.6. The van der Waals surface area contributed by atoms with E-state index in [1.165, 1.54) is 48.5 Å². The van der Waals surface area contributed by atoms with Crippen molar-refractivity contribution in [2.75, 3.05) is 11.9 Å². The summed E-state index contributed by atoms with van der Waals surface area (Å²) in [6.07, 6.45) is 0. The highest BCUT2D eigenvalue weighted by Gasteiger charge is 2.15. The zero-order valence-electron chi connectivity index (χ0n) is 12.6. The number of carbonyl (C=O) groups excluding carboxylic acids is 1. The Bertz CT molecular complexity index is 972. The Labute approximate surface area is 150 Å². The number of anilines is 1. The summed E-state index contributed by atoms with van der Waals surface area (Å²) in [4.78, 5) is 11.7. The lowest BCUT2D eigenvalue weighted by molar-refractivity contribution is -0.115. The van der Waals surface area contributed by atoms with Gasteiger partial charge in [0.15, 0.2) is 0 Å². The van der Waals surface area contributed by atoms with Crippen LogP contribution in [0.2, 0.25) is 5.02 Å². The Morgan fingerprint density at radius 3 is 1.96 bits per heavy atom. The van der Waals surface area contributed by atoms with E-state index >= 15 is 0 Å². The largest absolute Gasteiger partial charge is 0.325 e. The van der Waals surface area contributed by atoms with Crippen LogP contribution in [0.5, 0.6) is 0 Å². The number of benzene rings is 2. The van der Waals surface area contributed by atoms with E-state index in [0.717, 1.165) is 0 Å². The molecule has 0 spiro atoms. The second-order valence-corrected chi connectivity index (χ2v) is 8.66. The minimum absolute atomic E-state index is 0.0257. The van der Waals surface area contributed by atoms with Crippen LogP contribution in [0, 0.1) is 0 Å². The first-order valence-electron chi connectivity index (χ1n) is 6.76. The number of nitrogens with one attached hydrogen (secondary N) is 2. The Kier molecular flexibility index (Phi) is 5.80. The van der Waals surface area contributed by atoms with E-state index in [1.54, 1.807) is 0 Å².